The van der Waals surface area contributed by atoms with Crippen LogP contribution in [0.1, 0.15) is 51.3 Å². The molecular formula is C26H25N7O3S2. The third kappa shape index (κ3) is 5.87. The van der Waals surface area contributed by atoms with Crippen LogP contribution in [0.5, 0.6) is 5.88 Å². The second-order valence-corrected chi connectivity index (χ2v) is 9.92. The van der Waals surface area contributed by atoms with Crippen LogP contribution in [0, 0.1) is 0 Å². The van der Waals surface area contributed by atoms with Gasteiger partial charge in [0.25, 0.3) is 17.7 Å². The number of hydrogen-bond acceptors (Lipinski definition) is 9. The molecule has 0 spiro atoms. The molecule has 0 aliphatic rings. The van der Waals surface area contributed by atoms with Gasteiger partial charge in [-0.05, 0) is 36.1 Å². The molecule has 3 aromatic heterocycles. The summed E-state index contributed by atoms with van der Waals surface area (Å²) in [5.74, 6) is 0.376. The van der Waals surface area contributed by atoms with Crippen LogP contribution in [-0.2, 0) is 0 Å². The van der Waals surface area contributed by atoms with Crippen molar-refractivity contribution in [2.75, 3.05) is 13.7 Å². The molecule has 1 atom stereocenters. The van der Waals surface area contributed by atoms with Crippen LogP contribution in [-0.4, -0.2) is 49.2 Å². The molecule has 3 heterocycles. The normalized spacial score (nSPS) is 11.8. The number of carbonyl (C=O) groups excluding carboxylic acids is 2. The monoisotopic (exact) mass is 547 g/mol. The number of methoxy groups -OCH3 is 1. The average Bonchev–Trinajstić information content (AvgIpc) is 3.73. The van der Waals surface area contributed by atoms with E-state index in [1.165, 1.54) is 23.8 Å². The predicted molar refractivity (Wildman–Crippen MR) is 146 cm³/mol. The highest BCUT2D eigenvalue weighted by Crippen LogP contribution is 2.26. The van der Waals surface area contributed by atoms with E-state index >= 15 is 0 Å². The smallest absolute Gasteiger partial charge is 0.276 e. The minimum absolute atomic E-state index is 0.184. The first kappa shape index (κ1) is 25.5. The van der Waals surface area contributed by atoms with Gasteiger partial charge in [-0.3, -0.25) is 14.6 Å². The first-order valence-corrected chi connectivity index (χ1v) is 13.6. The highest BCUT2D eigenvalue weighted by Gasteiger charge is 2.21. The van der Waals surface area contributed by atoms with E-state index in [9.17, 15) is 9.59 Å². The maximum atomic E-state index is 12.8. The van der Waals surface area contributed by atoms with E-state index < -0.39 is 0 Å². The van der Waals surface area contributed by atoms with Gasteiger partial charge in [0.2, 0.25) is 5.69 Å². The van der Waals surface area contributed by atoms with Crippen molar-refractivity contribution in [3.05, 3.63) is 76.8 Å². The lowest BCUT2D eigenvalue weighted by atomic mass is 10.1. The molecule has 0 saturated carbocycles. The van der Waals surface area contributed by atoms with Crippen molar-refractivity contribution in [3.63, 3.8) is 0 Å². The number of imidazole rings is 1. The number of rotatable bonds is 11. The second-order valence-electron chi connectivity index (χ2n) is 8.51. The Morgan fingerprint density at radius 2 is 1.92 bits per heavy atom. The highest BCUT2D eigenvalue weighted by atomic mass is 32.1. The van der Waals surface area contributed by atoms with Gasteiger partial charge in [0, 0.05) is 12.1 Å². The van der Waals surface area contributed by atoms with Crippen molar-refractivity contribution < 1.29 is 14.3 Å². The van der Waals surface area contributed by atoms with Crippen molar-refractivity contribution in [2.24, 2.45) is 0 Å². The van der Waals surface area contributed by atoms with Crippen molar-refractivity contribution in [1.82, 2.24) is 34.3 Å². The molecule has 5 aromatic rings. The summed E-state index contributed by atoms with van der Waals surface area (Å²) in [5, 5.41) is 8.24. The Morgan fingerprint density at radius 1 is 1.05 bits per heavy atom. The number of amides is 2. The van der Waals surface area contributed by atoms with E-state index in [1.807, 2.05) is 12.1 Å². The van der Waals surface area contributed by atoms with Crippen molar-refractivity contribution in [2.45, 2.75) is 25.3 Å². The Morgan fingerprint density at radius 3 is 2.74 bits per heavy atom. The Hall–Kier alpha value is -4.16. The molecule has 0 radical (unpaired) electrons. The lowest BCUT2D eigenvalue weighted by Gasteiger charge is -2.16. The van der Waals surface area contributed by atoms with E-state index in [0.29, 0.717) is 30.1 Å². The largest absolute Gasteiger partial charge is 0.479 e. The van der Waals surface area contributed by atoms with Gasteiger partial charge >= 0.3 is 0 Å². The van der Waals surface area contributed by atoms with E-state index in [4.69, 9.17) is 4.74 Å². The number of thiazole rings is 1. The summed E-state index contributed by atoms with van der Waals surface area (Å²) >= 11 is 2.22. The zero-order chi connectivity index (χ0) is 26.3. The molecule has 12 heteroatoms. The first-order chi connectivity index (χ1) is 18.6. The topological polar surface area (TPSA) is 135 Å². The summed E-state index contributed by atoms with van der Waals surface area (Å²) < 4.78 is 13.0. The number of nitrogens with one attached hydrogen (secondary N) is 3. The van der Waals surface area contributed by atoms with Gasteiger partial charge in [0.15, 0.2) is 0 Å². The lowest BCUT2D eigenvalue weighted by Crippen LogP contribution is -2.29. The number of benzene rings is 2. The molecule has 10 nitrogen and oxygen atoms in total. The van der Waals surface area contributed by atoms with Crippen molar-refractivity contribution >= 4 is 45.7 Å². The number of unbranched alkanes of at least 4 members (excludes halogenated alkanes) is 1. The van der Waals surface area contributed by atoms with Crippen LogP contribution in [0.15, 0.2) is 60.4 Å². The van der Waals surface area contributed by atoms with Crippen LogP contribution in [0.3, 0.4) is 0 Å². The molecule has 0 saturated heterocycles. The highest BCUT2D eigenvalue weighted by molar-refractivity contribution is 7.11. The third-order valence-corrected chi connectivity index (χ3v) is 7.30. The van der Waals surface area contributed by atoms with E-state index in [0.717, 1.165) is 34.8 Å². The number of fused-ring (bicyclic) bond motifs is 1. The second kappa shape index (κ2) is 11.9. The molecule has 5 rings (SSSR count). The zero-order valence-electron chi connectivity index (χ0n) is 20.5. The van der Waals surface area contributed by atoms with Gasteiger partial charge in [0.05, 0.1) is 48.5 Å². The number of nitrogens with zero attached hydrogens (tertiary/aromatic N) is 4. The van der Waals surface area contributed by atoms with Gasteiger partial charge in [-0.2, -0.15) is 4.37 Å². The lowest BCUT2D eigenvalue weighted by molar-refractivity contribution is 0.0934. The van der Waals surface area contributed by atoms with Crippen LogP contribution >= 0.6 is 23.1 Å². The fraction of sp³-hybridized carbons (Fsp3) is 0.231. The third-order valence-electron chi connectivity index (χ3n) is 6.02. The summed E-state index contributed by atoms with van der Waals surface area (Å²) in [7, 11) is 1.45. The van der Waals surface area contributed by atoms with Crippen LogP contribution in [0.4, 0.5) is 0 Å². The number of hydrogen-bond donors (Lipinski definition) is 3. The van der Waals surface area contributed by atoms with E-state index in [1.54, 1.807) is 17.9 Å². The molecule has 0 fully saturated rings. The Bertz CT molecular complexity index is 1530. The molecule has 2 amide bonds. The molecular weight excluding hydrogens is 522 g/mol. The molecule has 0 aliphatic carbocycles. The Balaban J connectivity index is 1.24. The predicted octanol–water partition coefficient (Wildman–Crippen LogP) is 4.62. The minimum atomic E-state index is -0.336. The Labute approximate surface area is 226 Å². The minimum Gasteiger partial charge on any atom is -0.479 e. The van der Waals surface area contributed by atoms with Gasteiger partial charge in [-0.15, -0.1) is 15.7 Å². The zero-order valence-corrected chi connectivity index (χ0v) is 22.1. The summed E-state index contributed by atoms with van der Waals surface area (Å²) in [4.78, 5) is 37.7. The summed E-state index contributed by atoms with van der Waals surface area (Å²) in [6, 6.07) is 14.1. The number of aromatic amines is 1. The van der Waals surface area contributed by atoms with Crippen LogP contribution < -0.4 is 15.4 Å². The number of carbonyl (C=O) groups is 2. The van der Waals surface area contributed by atoms with Gasteiger partial charge < -0.3 is 20.4 Å². The van der Waals surface area contributed by atoms with Gasteiger partial charge in [0.1, 0.15) is 10.7 Å². The van der Waals surface area contributed by atoms with Crippen molar-refractivity contribution in [3.8, 4) is 17.1 Å². The SMILES string of the molecule is COc1nsnc1C(=O)NCCCC[C@H](NC(=O)c1cncs1)c1ncc(-c2ccc3ccccc3c2)[nH]1. The standard InChI is InChI=1S/C26H25N7O3S2/c1-36-26-22(32-38-33-26)25(35)28-11-5-4-8-19(31-24(34)21-14-27-15-37-21)23-29-13-20(30-23)18-10-9-16-6-2-3-7-17(16)12-18/h2-3,6-7,9-10,12-15,19H,4-5,8,11H2,1H3,(H,28,35)(H,29,30)(H,31,34)/t19-/m0/s1. The summed E-state index contributed by atoms with van der Waals surface area (Å²) in [6.45, 7) is 0.454. The quantitative estimate of drug-likeness (QED) is 0.205. The van der Waals surface area contributed by atoms with Gasteiger partial charge in [-0.25, -0.2) is 4.98 Å². The molecule has 2 aromatic carbocycles. The van der Waals surface area contributed by atoms with E-state index in [-0.39, 0.29) is 29.4 Å². The molecule has 0 aliphatic heterocycles. The maximum Gasteiger partial charge on any atom is 0.276 e. The molecule has 0 bridgehead atoms. The molecule has 194 valence electrons. The molecule has 0 unspecified atom stereocenters. The van der Waals surface area contributed by atoms with Crippen LogP contribution in [0.25, 0.3) is 22.0 Å². The number of aromatic nitrogens is 5. The van der Waals surface area contributed by atoms with Crippen LogP contribution in [0.2, 0.25) is 0 Å². The fourth-order valence-corrected chi connectivity index (χ4v) is 5.11. The average molecular weight is 548 g/mol. The van der Waals surface area contributed by atoms with Gasteiger partial charge in [-0.1, -0.05) is 36.4 Å². The summed E-state index contributed by atoms with van der Waals surface area (Å²) in [6.07, 6.45) is 5.42. The number of ether oxygens (including phenoxy) is 1. The Kier molecular flexibility index (Phi) is 8.00. The molecule has 3 N–H and O–H groups in total. The summed E-state index contributed by atoms with van der Waals surface area (Å²) in [5.41, 5.74) is 3.71. The maximum absolute atomic E-state index is 12.8. The van der Waals surface area contributed by atoms with E-state index in [2.05, 4.69) is 64.7 Å². The first-order valence-electron chi connectivity index (χ1n) is 12.0. The molecule has 38 heavy (non-hydrogen) atoms. The number of H-pyrrole nitrogens is 1. The van der Waals surface area contributed by atoms with Crippen molar-refractivity contribution in [1.29, 1.82) is 0 Å². The fourth-order valence-electron chi connectivity index (χ4n) is 4.06.